The van der Waals surface area contributed by atoms with Crippen LogP contribution in [0.15, 0.2) is 71.7 Å². The number of hydrogen-bond donors (Lipinski definition) is 1. The summed E-state index contributed by atoms with van der Waals surface area (Å²) in [6.07, 6.45) is 0. The molecule has 2 aliphatic rings. The number of carbonyl (C=O) groups excluding carboxylic acids is 2. The fourth-order valence-corrected chi connectivity index (χ4v) is 6.47. The van der Waals surface area contributed by atoms with Crippen LogP contribution in [0.1, 0.15) is 82.8 Å². The summed E-state index contributed by atoms with van der Waals surface area (Å²) in [5.74, 6) is 1.21. The summed E-state index contributed by atoms with van der Waals surface area (Å²) in [5, 5.41) is 4.27. The molecule has 1 fully saturated rings. The Morgan fingerprint density at radius 2 is 1.44 bits per heavy atom. The monoisotopic (exact) mass is 691 g/mol. The van der Waals surface area contributed by atoms with Gasteiger partial charge in [0.2, 0.25) is 5.91 Å². The van der Waals surface area contributed by atoms with E-state index in [9.17, 15) is 9.59 Å². The molecule has 3 aromatic rings. The zero-order valence-corrected chi connectivity index (χ0v) is 30.5. The zero-order chi connectivity index (χ0) is 34.8. The van der Waals surface area contributed by atoms with Gasteiger partial charge in [-0.05, 0) is 86.2 Å². The van der Waals surface area contributed by atoms with Gasteiger partial charge in [-0.1, -0.05) is 74.3 Å². The van der Waals surface area contributed by atoms with Gasteiger partial charge in [-0.3, -0.25) is 19.6 Å². The highest BCUT2D eigenvalue weighted by molar-refractivity contribution is 6.30. The molecule has 256 valence electrons. The maximum Gasteiger partial charge on any atom is 0.326 e. The molecule has 10 heteroatoms. The van der Waals surface area contributed by atoms with Crippen molar-refractivity contribution >= 4 is 41.0 Å². The van der Waals surface area contributed by atoms with Crippen LogP contribution in [0.3, 0.4) is 0 Å². The van der Waals surface area contributed by atoms with Gasteiger partial charge in [-0.15, -0.1) is 0 Å². The molecule has 2 heterocycles. The quantitative estimate of drug-likeness (QED) is 0.273. The molecule has 0 radical (unpaired) electrons. The number of halogens is 2. The van der Waals surface area contributed by atoms with E-state index in [2.05, 4.69) is 43.1 Å². The summed E-state index contributed by atoms with van der Waals surface area (Å²) < 4.78 is 6.25. The topological polar surface area (TPSA) is 77.5 Å². The number of ether oxygens (including phenoxy) is 1. The van der Waals surface area contributed by atoms with E-state index in [1.165, 1.54) is 0 Å². The van der Waals surface area contributed by atoms with Crippen LogP contribution in [0.25, 0.3) is 0 Å². The molecule has 1 saturated heterocycles. The standard InChI is InChI=1S/C38H47Cl2N5O3/c1-8-48-31-23-27(37(2,3)4)13-18-30(31)35-41-33(25-9-14-28(39)15-10-25)34(26-11-16-29(40)17-12-26)45(35)36(47)44-21-19-43(20-22-44)24-32(46)42-38(5,6)7/h9-18,23,33-34H,8,19-22,24H2,1-7H3,(H,42,46)/t33-,34+/m0/s1. The Morgan fingerprint density at radius 3 is 1.98 bits per heavy atom. The van der Waals surface area contributed by atoms with E-state index in [0.29, 0.717) is 61.0 Å². The molecule has 2 atom stereocenters. The van der Waals surface area contributed by atoms with Crippen LogP contribution < -0.4 is 10.1 Å². The minimum atomic E-state index is -0.460. The van der Waals surface area contributed by atoms with Crippen LogP contribution in [0.5, 0.6) is 5.75 Å². The van der Waals surface area contributed by atoms with Crippen molar-refractivity contribution in [2.24, 2.45) is 4.99 Å². The predicted octanol–water partition coefficient (Wildman–Crippen LogP) is 7.89. The first-order chi connectivity index (χ1) is 22.6. The molecule has 3 aromatic carbocycles. The maximum absolute atomic E-state index is 14.9. The minimum absolute atomic E-state index is 0.0213. The van der Waals surface area contributed by atoms with Gasteiger partial charge in [-0.2, -0.15) is 0 Å². The Bertz CT molecular complexity index is 1640. The van der Waals surface area contributed by atoms with Gasteiger partial charge in [-0.25, -0.2) is 4.79 Å². The van der Waals surface area contributed by atoms with E-state index in [0.717, 1.165) is 22.3 Å². The van der Waals surface area contributed by atoms with Crippen LogP contribution in [-0.4, -0.2) is 77.3 Å². The molecule has 0 aliphatic carbocycles. The van der Waals surface area contributed by atoms with Crippen LogP contribution in [0.2, 0.25) is 10.0 Å². The van der Waals surface area contributed by atoms with Crippen LogP contribution in [0, 0.1) is 0 Å². The van der Waals surface area contributed by atoms with Gasteiger partial charge in [0.25, 0.3) is 0 Å². The molecule has 2 aliphatic heterocycles. The second kappa shape index (κ2) is 14.5. The SMILES string of the molecule is CCOc1cc(C(C)(C)C)ccc1C1=N[C@@H](c2ccc(Cl)cc2)[C@@H](c2ccc(Cl)cc2)N1C(=O)N1CCN(CC(=O)NC(C)(C)C)CC1. The number of nitrogens with zero attached hydrogens (tertiary/aromatic N) is 4. The Kier molecular flexibility index (Phi) is 10.8. The fourth-order valence-electron chi connectivity index (χ4n) is 6.21. The maximum atomic E-state index is 14.9. The first-order valence-electron chi connectivity index (χ1n) is 16.6. The highest BCUT2D eigenvalue weighted by Gasteiger charge is 2.45. The summed E-state index contributed by atoms with van der Waals surface area (Å²) in [6, 6.07) is 20.4. The average Bonchev–Trinajstić information content (AvgIpc) is 3.41. The highest BCUT2D eigenvalue weighted by atomic mass is 35.5. The van der Waals surface area contributed by atoms with Gasteiger partial charge >= 0.3 is 6.03 Å². The molecule has 5 rings (SSSR count). The number of hydrogen-bond acceptors (Lipinski definition) is 5. The smallest absolute Gasteiger partial charge is 0.326 e. The lowest BCUT2D eigenvalue weighted by atomic mass is 9.86. The van der Waals surface area contributed by atoms with Gasteiger partial charge in [0.05, 0.1) is 24.8 Å². The molecule has 8 nitrogen and oxygen atoms in total. The summed E-state index contributed by atoms with van der Waals surface area (Å²) in [4.78, 5) is 38.6. The number of amides is 3. The molecule has 0 saturated carbocycles. The van der Waals surface area contributed by atoms with E-state index in [1.54, 1.807) is 0 Å². The summed E-state index contributed by atoms with van der Waals surface area (Å²) in [7, 11) is 0. The predicted molar refractivity (Wildman–Crippen MR) is 194 cm³/mol. The normalized spacial score (nSPS) is 18.9. The molecule has 0 spiro atoms. The number of nitrogens with one attached hydrogen (secondary N) is 1. The fraction of sp³-hybridized carbons (Fsp3) is 0.447. The third-order valence-corrected chi connectivity index (χ3v) is 9.11. The summed E-state index contributed by atoms with van der Waals surface area (Å²) in [5.41, 5.74) is 3.33. The van der Waals surface area contributed by atoms with Crippen LogP contribution >= 0.6 is 23.2 Å². The number of carbonyl (C=O) groups is 2. The molecule has 0 aromatic heterocycles. The molecule has 0 bridgehead atoms. The van der Waals surface area contributed by atoms with Crippen molar-refractivity contribution in [2.75, 3.05) is 39.3 Å². The molecule has 3 amide bonds. The van der Waals surface area contributed by atoms with Gasteiger partial charge in [0, 0.05) is 41.8 Å². The second-order valence-corrected chi connectivity index (χ2v) is 15.4. The number of urea groups is 1. The number of rotatable bonds is 7. The largest absolute Gasteiger partial charge is 0.493 e. The van der Waals surface area contributed by atoms with Crippen LogP contribution in [-0.2, 0) is 10.2 Å². The van der Waals surface area contributed by atoms with E-state index < -0.39 is 12.1 Å². The van der Waals surface area contributed by atoms with E-state index >= 15 is 0 Å². The number of benzene rings is 3. The van der Waals surface area contributed by atoms with E-state index in [-0.39, 0.29) is 22.9 Å². The molecular weight excluding hydrogens is 645 g/mol. The zero-order valence-electron chi connectivity index (χ0n) is 29.0. The Balaban J connectivity index is 1.56. The summed E-state index contributed by atoms with van der Waals surface area (Å²) >= 11 is 12.7. The van der Waals surface area contributed by atoms with Gasteiger partial charge < -0.3 is 15.0 Å². The van der Waals surface area contributed by atoms with Gasteiger partial charge in [0.1, 0.15) is 17.6 Å². The van der Waals surface area contributed by atoms with E-state index in [1.807, 2.05) is 92.1 Å². The Hall–Kier alpha value is -3.59. The average molecular weight is 693 g/mol. The molecule has 0 unspecified atom stereocenters. The second-order valence-electron chi connectivity index (χ2n) is 14.6. The summed E-state index contributed by atoms with van der Waals surface area (Å²) in [6.45, 7) is 17.3. The highest BCUT2D eigenvalue weighted by Crippen LogP contribution is 2.46. The number of amidine groups is 1. The molecule has 1 N–H and O–H groups in total. The number of piperazine rings is 1. The Morgan fingerprint density at radius 1 is 0.854 bits per heavy atom. The third-order valence-electron chi connectivity index (χ3n) is 8.61. The van der Waals surface area contributed by atoms with Crippen molar-refractivity contribution in [3.8, 4) is 5.75 Å². The van der Waals surface area contributed by atoms with Crippen molar-refractivity contribution in [1.82, 2.24) is 20.0 Å². The first-order valence-corrected chi connectivity index (χ1v) is 17.4. The van der Waals surface area contributed by atoms with Crippen molar-refractivity contribution in [3.05, 3.63) is 99.0 Å². The molecular formula is C38H47Cl2N5O3. The van der Waals surface area contributed by atoms with Crippen molar-refractivity contribution in [3.63, 3.8) is 0 Å². The lowest BCUT2D eigenvalue weighted by molar-refractivity contribution is -0.124. The lowest BCUT2D eigenvalue weighted by Crippen LogP contribution is -2.56. The first kappa shape index (κ1) is 35.7. The van der Waals surface area contributed by atoms with Crippen molar-refractivity contribution < 1.29 is 14.3 Å². The molecule has 48 heavy (non-hydrogen) atoms. The van der Waals surface area contributed by atoms with Crippen molar-refractivity contribution in [1.29, 1.82) is 0 Å². The van der Waals surface area contributed by atoms with E-state index in [4.69, 9.17) is 32.9 Å². The lowest BCUT2D eigenvalue weighted by Gasteiger charge is -2.39. The van der Waals surface area contributed by atoms with Crippen LogP contribution in [0.4, 0.5) is 4.79 Å². The number of aliphatic imine (C=N–C) groups is 1. The third kappa shape index (κ3) is 8.33. The minimum Gasteiger partial charge on any atom is -0.493 e. The Labute approximate surface area is 295 Å². The van der Waals surface area contributed by atoms with Gasteiger partial charge in [0.15, 0.2) is 0 Å². The van der Waals surface area contributed by atoms with Crippen molar-refractivity contribution in [2.45, 2.75) is 71.5 Å².